The molecular weight excluding hydrogens is 1510 g/mol. The summed E-state index contributed by atoms with van der Waals surface area (Å²) in [6, 6.07) is 30.2. The highest BCUT2D eigenvalue weighted by atomic mass is 32.3. The fourth-order valence-corrected chi connectivity index (χ4v) is 16.4. The molecule has 0 unspecified atom stereocenters. The molecule has 3 aliphatic heterocycles. The second-order valence-corrected chi connectivity index (χ2v) is 33.2. The van der Waals surface area contributed by atoms with Gasteiger partial charge in [-0.05, 0) is 190 Å². The molecule has 584 valence electrons. The monoisotopic (exact) mass is 1580 g/mol. The van der Waals surface area contributed by atoms with Gasteiger partial charge in [-0.3, -0.25) is 19.4 Å². The lowest BCUT2D eigenvalue weighted by molar-refractivity contribution is -0.192. The number of methoxy groups -OCH3 is 2. The molecule has 14 rings (SSSR count). The first-order valence-electron chi connectivity index (χ1n) is 33.0. The Morgan fingerprint density at radius 1 is 0.477 bits per heavy atom. The number of aromatic hydroxyl groups is 1. The van der Waals surface area contributed by atoms with E-state index in [-0.39, 0.29) is 33.9 Å². The number of alkyl halides is 12. The van der Waals surface area contributed by atoms with Crippen LogP contribution in [-0.2, 0) is 101 Å². The quantitative estimate of drug-likeness (QED) is 0.0288. The number of hydrogen-bond acceptors (Lipinski definition) is 20. The molecule has 0 amide bonds. The molecule has 107 heavy (non-hydrogen) atoms. The number of hydrogen-bond donors (Lipinski definition) is 3. The molecule has 5 aromatic rings. The van der Waals surface area contributed by atoms with Crippen molar-refractivity contribution < 1.29 is 134 Å². The second kappa shape index (κ2) is 31.0. The first-order chi connectivity index (χ1) is 49.7. The van der Waals surface area contributed by atoms with E-state index in [1.54, 1.807) is 24.5 Å². The van der Waals surface area contributed by atoms with Crippen LogP contribution in [0.1, 0.15) is 90.0 Å². The number of pyridine rings is 1. The third kappa shape index (κ3) is 20.2. The smallest absolute Gasteiger partial charge is 0.508 e. The molecule has 37 heteroatoms. The van der Waals surface area contributed by atoms with Crippen LogP contribution in [0.4, 0.5) is 52.7 Å². The maximum Gasteiger partial charge on any atom is 0.534 e. The molecule has 3 spiro atoms. The average molecular weight is 1580 g/mol. The van der Waals surface area contributed by atoms with Crippen LogP contribution in [0.5, 0.6) is 17.2 Å². The molecular formula is C70H74F12N4O18S3. The number of fused-ring (bicyclic) bond motifs is 3. The Kier molecular flexibility index (Phi) is 24.0. The molecule has 3 N–H and O–H groups in total. The van der Waals surface area contributed by atoms with Gasteiger partial charge in [0.2, 0.25) is 0 Å². The van der Waals surface area contributed by atoms with Crippen LogP contribution < -0.4 is 8.92 Å². The second-order valence-electron chi connectivity index (χ2n) is 28.4. The number of carbonyl (C=O) groups excluding carboxylic acids is 2. The lowest BCUT2D eigenvalue weighted by Crippen LogP contribution is -2.58. The highest BCUT2D eigenvalue weighted by Gasteiger charge is 2.61. The van der Waals surface area contributed by atoms with Crippen LogP contribution in [0.3, 0.4) is 0 Å². The van der Waals surface area contributed by atoms with Gasteiger partial charge in [-0.25, -0.2) is 4.79 Å². The van der Waals surface area contributed by atoms with E-state index in [1.807, 2.05) is 59.1 Å². The van der Waals surface area contributed by atoms with Crippen LogP contribution in [0.2, 0.25) is 0 Å². The number of rotatable bonds is 15. The summed E-state index contributed by atoms with van der Waals surface area (Å²) < 4.78 is 221. The van der Waals surface area contributed by atoms with E-state index in [0.717, 1.165) is 151 Å². The standard InChI is InChI=1S/C26H27NO3.C18H20F3NO5S.C17H21NO3.C5H5N.C2F6O5S2.C2HF3O2/c1-2-30-23-9-6-19(7-10-23)3-4-20-5-8-21-14-25(15-22(21)13-20)16-27(17-25)18-26(11-12-26)24(28)29;1-26-15(23)17(4-5-17)11-22-9-16(10-22)7-12-2-3-14(6-13(12)8-16)27-28(24,25)18(19,20)21;1-21-15(20)17(4-5-17)11-18-9-16(10-18)7-12-2-3-14(19)6-13(12)8-16;1-2-4-6-5-3-1;3-1(4,5)14(9,10)13-15(11,12)2(6,7)8;3-2(4,5)1(6)7/h5-10,13H,2,11-12,14-18H2,1H3,(H,28,29);2-3,6H,4-5,7-11H2,1H3;2-3,6,19H,4-5,7-11H2,1H3;1-5H;;(H,6,7). The zero-order chi connectivity index (χ0) is 78.8. The van der Waals surface area contributed by atoms with Gasteiger partial charge in [-0.2, -0.15) is 77.9 Å². The minimum absolute atomic E-state index is 0.0178. The van der Waals surface area contributed by atoms with E-state index in [1.165, 1.54) is 48.6 Å². The SMILES string of the molecule is CCOc1ccc(C#Cc2ccc3c(c2)CC2(C3)CN(CC3(C(=O)O)CC3)C2)cc1.COC(=O)C1(CN2CC3(Cc4ccc(O)cc4C3)C2)CC1.COC(=O)C1(CN2CC3(Cc4ccc(OS(=O)(=O)C(F)(F)F)cc4C3)C2)CC1.O=C(O)C(F)(F)F.O=S(=O)(OS(=O)(=O)C(F)(F)F)C(F)(F)F.c1ccncc1. The first-order valence-corrected chi connectivity index (χ1v) is 37.2. The van der Waals surface area contributed by atoms with E-state index >= 15 is 0 Å². The predicted octanol–water partition coefficient (Wildman–Crippen LogP) is 10.2. The van der Waals surface area contributed by atoms with Crippen molar-refractivity contribution in [3.8, 4) is 29.1 Å². The number of esters is 2. The largest absolute Gasteiger partial charge is 0.534 e. The summed E-state index contributed by atoms with van der Waals surface area (Å²) in [6.45, 7) is 10.6. The summed E-state index contributed by atoms with van der Waals surface area (Å²) >= 11 is 0. The predicted molar refractivity (Wildman–Crippen MR) is 355 cm³/mol. The van der Waals surface area contributed by atoms with Crippen molar-refractivity contribution in [2.45, 2.75) is 107 Å². The number of carboxylic acid groups (broad SMARTS) is 2. The third-order valence-corrected chi connectivity index (χ3v) is 23.3. The zero-order valence-electron chi connectivity index (χ0n) is 57.5. The zero-order valence-corrected chi connectivity index (χ0v) is 59.9. The van der Waals surface area contributed by atoms with Crippen LogP contribution >= 0.6 is 0 Å². The molecule has 1 aromatic heterocycles. The minimum Gasteiger partial charge on any atom is -0.508 e. The normalized spacial score (nSPS) is 19.6. The fraction of sp³-hybridized carbons (Fsp3) is 0.500. The van der Waals surface area contributed by atoms with Crippen molar-refractivity contribution in [1.82, 2.24) is 19.7 Å². The van der Waals surface area contributed by atoms with Crippen LogP contribution in [-0.4, -0.2) is 187 Å². The number of aromatic nitrogens is 1. The molecule has 4 heterocycles. The molecule has 6 fully saturated rings. The van der Waals surface area contributed by atoms with Gasteiger partial charge in [0.25, 0.3) is 0 Å². The molecule has 9 aliphatic rings. The number of carbonyl (C=O) groups is 4. The molecule has 0 atom stereocenters. The van der Waals surface area contributed by atoms with Crippen molar-refractivity contribution in [2.75, 3.05) is 79.7 Å². The van der Waals surface area contributed by atoms with Crippen LogP contribution in [0, 0.1) is 44.3 Å². The Morgan fingerprint density at radius 3 is 1.19 bits per heavy atom. The summed E-state index contributed by atoms with van der Waals surface area (Å²) in [6.07, 6.45) is 9.45. The Morgan fingerprint density at radius 2 is 0.832 bits per heavy atom. The lowest BCUT2D eigenvalue weighted by atomic mass is 9.76. The summed E-state index contributed by atoms with van der Waals surface area (Å²) in [5.41, 5.74) is -9.04. The van der Waals surface area contributed by atoms with Gasteiger partial charge in [0, 0.05) is 98.7 Å². The van der Waals surface area contributed by atoms with E-state index in [4.69, 9.17) is 24.1 Å². The molecule has 3 saturated heterocycles. The molecule has 0 radical (unpaired) electrons. The lowest BCUT2D eigenvalue weighted by Gasteiger charge is -2.49. The number of aliphatic carboxylic acids is 2. The summed E-state index contributed by atoms with van der Waals surface area (Å²) in [7, 11) is -16.5. The van der Waals surface area contributed by atoms with Crippen LogP contribution in [0.25, 0.3) is 0 Å². The van der Waals surface area contributed by atoms with E-state index in [0.29, 0.717) is 36.2 Å². The summed E-state index contributed by atoms with van der Waals surface area (Å²) in [5.74, 6) is 3.88. The number of halogens is 12. The van der Waals surface area contributed by atoms with Gasteiger partial charge in [0.05, 0.1) is 37.1 Å². The van der Waals surface area contributed by atoms with Crippen molar-refractivity contribution in [2.24, 2.45) is 32.5 Å². The van der Waals surface area contributed by atoms with Gasteiger partial charge in [-0.15, -0.1) is 3.63 Å². The molecule has 22 nitrogen and oxygen atoms in total. The van der Waals surface area contributed by atoms with Gasteiger partial charge in [0.1, 0.15) is 17.2 Å². The van der Waals surface area contributed by atoms with Gasteiger partial charge in [-0.1, -0.05) is 36.1 Å². The van der Waals surface area contributed by atoms with E-state index < -0.39 is 70.4 Å². The van der Waals surface area contributed by atoms with E-state index in [9.17, 15) is 103 Å². The maximum atomic E-state index is 12.5. The number of ether oxygens (including phenoxy) is 3. The summed E-state index contributed by atoms with van der Waals surface area (Å²) in [4.78, 5) is 54.8. The van der Waals surface area contributed by atoms with Crippen molar-refractivity contribution in [1.29, 1.82) is 0 Å². The Balaban J connectivity index is 0.000000159. The van der Waals surface area contributed by atoms with Crippen molar-refractivity contribution in [3.63, 3.8) is 0 Å². The number of likely N-dealkylation sites (tertiary alicyclic amines) is 3. The Labute approximate surface area is 607 Å². The number of benzene rings is 4. The van der Waals surface area contributed by atoms with E-state index in [2.05, 4.69) is 60.0 Å². The fourth-order valence-electron chi connectivity index (χ4n) is 14.4. The van der Waals surface area contributed by atoms with Gasteiger partial charge < -0.3 is 48.4 Å². The van der Waals surface area contributed by atoms with Crippen molar-refractivity contribution in [3.05, 3.63) is 154 Å². The first kappa shape index (κ1) is 82.8. The highest BCUT2D eigenvalue weighted by Crippen LogP contribution is 2.55. The maximum absolute atomic E-state index is 12.5. The molecule has 0 bridgehead atoms. The highest BCUT2D eigenvalue weighted by molar-refractivity contribution is 8.00. The number of carboxylic acids is 2. The molecule has 6 aliphatic carbocycles. The third-order valence-electron chi connectivity index (χ3n) is 19.7. The minimum atomic E-state index is -6.85. The average Bonchev–Trinajstić information content (AvgIpc) is 1.57. The van der Waals surface area contributed by atoms with Gasteiger partial charge >= 0.3 is 76.9 Å². The molecule has 4 aromatic carbocycles. The van der Waals surface area contributed by atoms with Crippen LogP contribution in [0.15, 0.2) is 109 Å². The Bertz CT molecular complexity index is 4450. The topological polar surface area (TPSA) is 300 Å². The molecule has 3 saturated carbocycles. The number of nitrogens with zero attached hydrogens (tertiary/aromatic N) is 4. The Hall–Kier alpha value is -8.28. The van der Waals surface area contributed by atoms with Gasteiger partial charge in [0.15, 0.2) is 0 Å². The number of phenolic OH excluding ortho intramolecular Hbond substituents is 1. The summed E-state index contributed by atoms with van der Waals surface area (Å²) in [5, 5.41) is 26.1. The van der Waals surface area contributed by atoms with Crippen molar-refractivity contribution >= 4 is 54.2 Å². The number of phenols is 1.